The van der Waals surface area contributed by atoms with Crippen molar-refractivity contribution in [1.29, 1.82) is 0 Å². The van der Waals surface area contributed by atoms with Crippen molar-refractivity contribution < 1.29 is 9.90 Å². The fourth-order valence-corrected chi connectivity index (χ4v) is 2.04. The molecule has 98 valence electrons. The number of carboxylic acid groups (broad SMARTS) is 1. The minimum Gasteiger partial charge on any atom is -0.477 e. The number of hydrogen-bond donors (Lipinski definition) is 1. The average molecular weight is 298 g/mol. The first-order valence-electron chi connectivity index (χ1n) is 5.35. The molecule has 0 atom stereocenters. The zero-order valence-corrected chi connectivity index (χ0v) is 11.1. The molecular formula is C13H9Cl2NO3. The van der Waals surface area contributed by atoms with Crippen LogP contribution >= 0.6 is 23.2 Å². The lowest BCUT2D eigenvalue weighted by atomic mass is 10.2. The fourth-order valence-electron chi connectivity index (χ4n) is 1.67. The predicted octanol–water partition coefficient (Wildman–Crippen LogP) is 2.90. The van der Waals surface area contributed by atoms with E-state index in [1.807, 2.05) is 0 Å². The molecule has 0 saturated heterocycles. The van der Waals surface area contributed by atoms with Crippen LogP contribution in [0.15, 0.2) is 41.3 Å². The van der Waals surface area contributed by atoms with Crippen molar-refractivity contribution in [2.45, 2.75) is 6.54 Å². The molecule has 19 heavy (non-hydrogen) atoms. The molecule has 0 radical (unpaired) electrons. The van der Waals surface area contributed by atoms with Crippen LogP contribution in [-0.4, -0.2) is 15.6 Å². The largest absolute Gasteiger partial charge is 0.477 e. The topological polar surface area (TPSA) is 59.3 Å². The molecule has 6 heteroatoms. The van der Waals surface area contributed by atoms with Gasteiger partial charge >= 0.3 is 5.97 Å². The molecule has 0 aliphatic carbocycles. The van der Waals surface area contributed by atoms with Gasteiger partial charge in [-0.05, 0) is 35.9 Å². The predicted molar refractivity (Wildman–Crippen MR) is 73.2 cm³/mol. The van der Waals surface area contributed by atoms with E-state index < -0.39 is 11.5 Å². The lowest BCUT2D eigenvalue weighted by molar-refractivity contribution is 0.0694. The van der Waals surface area contributed by atoms with Gasteiger partial charge in [0, 0.05) is 16.2 Å². The van der Waals surface area contributed by atoms with Gasteiger partial charge in [0.2, 0.25) is 0 Å². The smallest absolute Gasteiger partial charge is 0.341 e. The van der Waals surface area contributed by atoms with Gasteiger partial charge in [0.05, 0.1) is 6.54 Å². The maximum atomic E-state index is 11.9. The third-order valence-electron chi connectivity index (χ3n) is 2.60. The Kier molecular flexibility index (Phi) is 3.93. The highest BCUT2D eigenvalue weighted by Gasteiger charge is 2.11. The molecule has 1 N–H and O–H groups in total. The highest BCUT2D eigenvalue weighted by Crippen LogP contribution is 2.21. The summed E-state index contributed by atoms with van der Waals surface area (Å²) in [6.45, 7) is 0.166. The first-order chi connectivity index (χ1) is 8.99. The Morgan fingerprint density at radius 2 is 2.00 bits per heavy atom. The van der Waals surface area contributed by atoms with Crippen LogP contribution in [0.3, 0.4) is 0 Å². The molecule has 1 heterocycles. The SMILES string of the molecule is O=C(O)c1cccn(Cc2cc(Cl)ccc2Cl)c1=O. The third kappa shape index (κ3) is 2.97. The second-order valence-electron chi connectivity index (χ2n) is 3.90. The van der Waals surface area contributed by atoms with Crippen LogP contribution < -0.4 is 5.56 Å². The maximum absolute atomic E-state index is 11.9. The number of halogens is 2. The number of aromatic nitrogens is 1. The quantitative estimate of drug-likeness (QED) is 0.947. The number of rotatable bonds is 3. The number of pyridine rings is 1. The van der Waals surface area contributed by atoms with E-state index in [0.29, 0.717) is 15.6 Å². The molecule has 0 bridgehead atoms. The summed E-state index contributed by atoms with van der Waals surface area (Å²) >= 11 is 11.9. The number of carboxylic acids is 1. The van der Waals surface area contributed by atoms with Gasteiger partial charge in [-0.15, -0.1) is 0 Å². The molecule has 0 fully saturated rings. The van der Waals surface area contributed by atoms with E-state index >= 15 is 0 Å². The van der Waals surface area contributed by atoms with Gasteiger partial charge in [-0.2, -0.15) is 0 Å². The molecule has 0 unspecified atom stereocenters. The molecule has 0 saturated carbocycles. The Hall–Kier alpha value is -1.78. The van der Waals surface area contributed by atoms with Crippen LogP contribution in [0.25, 0.3) is 0 Å². The summed E-state index contributed by atoms with van der Waals surface area (Å²) in [5.41, 5.74) is -0.203. The second kappa shape index (κ2) is 5.47. The van der Waals surface area contributed by atoms with Gasteiger partial charge in [0.25, 0.3) is 5.56 Å². The summed E-state index contributed by atoms with van der Waals surface area (Å²) in [5, 5.41) is 9.87. The van der Waals surface area contributed by atoms with Crippen LogP contribution in [0.2, 0.25) is 10.0 Å². The van der Waals surface area contributed by atoms with E-state index in [1.54, 1.807) is 18.2 Å². The van der Waals surface area contributed by atoms with Crippen molar-refractivity contribution in [3.05, 3.63) is 68.1 Å². The van der Waals surface area contributed by atoms with Gasteiger partial charge in [-0.25, -0.2) is 4.79 Å². The highest BCUT2D eigenvalue weighted by molar-refractivity contribution is 6.33. The molecule has 2 rings (SSSR count). The molecule has 0 spiro atoms. The van der Waals surface area contributed by atoms with Crippen LogP contribution in [0.1, 0.15) is 15.9 Å². The fraction of sp³-hybridized carbons (Fsp3) is 0.0769. The Labute approximate surface area is 118 Å². The van der Waals surface area contributed by atoms with E-state index in [1.165, 1.54) is 22.9 Å². The van der Waals surface area contributed by atoms with Crippen molar-refractivity contribution >= 4 is 29.2 Å². The number of aromatic carboxylic acids is 1. The molecule has 4 nitrogen and oxygen atoms in total. The van der Waals surface area contributed by atoms with Crippen molar-refractivity contribution in [1.82, 2.24) is 4.57 Å². The van der Waals surface area contributed by atoms with Gasteiger partial charge in [0.15, 0.2) is 0 Å². The lowest BCUT2D eigenvalue weighted by Crippen LogP contribution is -2.26. The summed E-state index contributed by atoms with van der Waals surface area (Å²) in [5.74, 6) is -1.25. The van der Waals surface area contributed by atoms with E-state index in [2.05, 4.69) is 0 Å². The zero-order chi connectivity index (χ0) is 14.0. The monoisotopic (exact) mass is 297 g/mol. The Bertz CT molecular complexity index is 695. The Morgan fingerprint density at radius 3 is 2.68 bits per heavy atom. The van der Waals surface area contributed by atoms with Crippen molar-refractivity contribution in [3.63, 3.8) is 0 Å². The molecule has 1 aromatic heterocycles. The van der Waals surface area contributed by atoms with Gasteiger partial charge in [-0.3, -0.25) is 4.79 Å². The van der Waals surface area contributed by atoms with Crippen molar-refractivity contribution in [3.8, 4) is 0 Å². The van der Waals surface area contributed by atoms with Gasteiger partial charge < -0.3 is 9.67 Å². The van der Waals surface area contributed by atoms with E-state index in [4.69, 9.17) is 28.3 Å². The first kappa shape index (κ1) is 13.6. The van der Waals surface area contributed by atoms with Crippen LogP contribution in [0.4, 0.5) is 0 Å². The Balaban J connectivity index is 2.44. The maximum Gasteiger partial charge on any atom is 0.341 e. The first-order valence-corrected chi connectivity index (χ1v) is 6.11. The molecular weight excluding hydrogens is 289 g/mol. The standard InChI is InChI=1S/C13H9Cl2NO3/c14-9-3-4-11(15)8(6-9)7-16-5-1-2-10(12(16)17)13(18)19/h1-6H,7H2,(H,18,19). The number of benzene rings is 1. The molecule has 2 aromatic rings. The zero-order valence-electron chi connectivity index (χ0n) is 9.64. The minimum atomic E-state index is -1.25. The lowest BCUT2D eigenvalue weighted by Gasteiger charge is -2.08. The summed E-state index contributed by atoms with van der Waals surface area (Å²) in [7, 11) is 0. The summed E-state index contributed by atoms with van der Waals surface area (Å²) in [6, 6.07) is 7.68. The minimum absolute atomic E-state index is 0.166. The number of carbonyl (C=O) groups is 1. The molecule has 0 amide bonds. The highest BCUT2D eigenvalue weighted by atomic mass is 35.5. The van der Waals surface area contributed by atoms with Crippen molar-refractivity contribution in [2.24, 2.45) is 0 Å². The van der Waals surface area contributed by atoms with E-state index in [9.17, 15) is 9.59 Å². The molecule has 1 aromatic carbocycles. The van der Waals surface area contributed by atoms with Crippen LogP contribution in [0, 0.1) is 0 Å². The summed E-state index contributed by atoms with van der Waals surface area (Å²) in [4.78, 5) is 22.8. The van der Waals surface area contributed by atoms with Crippen molar-refractivity contribution in [2.75, 3.05) is 0 Å². The van der Waals surface area contributed by atoms with E-state index in [-0.39, 0.29) is 12.1 Å². The summed E-state index contributed by atoms with van der Waals surface area (Å²) < 4.78 is 1.28. The van der Waals surface area contributed by atoms with Gasteiger partial charge in [0.1, 0.15) is 5.56 Å². The van der Waals surface area contributed by atoms with Crippen LogP contribution in [0.5, 0.6) is 0 Å². The average Bonchev–Trinajstić information content (AvgIpc) is 2.36. The van der Waals surface area contributed by atoms with E-state index in [0.717, 1.165) is 0 Å². The molecule has 0 aliphatic rings. The normalized spacial score (nSPS) is 10.4. The van der Waals surface area contributed by atoms with Gasteiger partial charge in [-0.1, -0.05) is 23.2 Å². The third-order valence-corrected chi connectivity index (χ3v) is 3.20. The second-order valence-corrected chi connectivity index (χ2v) is 4.74. The molecule has 0 aliphatic heterocycles. The van der Waals surface area contributed by atoms with Crippen LogP contribution in [-0.2, 0) is 6.54 Å². The number of hydrogen-bond acceptors (Lipinski definition) is 2. The summed E-state index contributed by atoms with van der Waals surface area (Å²) in [6.07, 6.45) is 1.51. The number of nitrogens with zero attached hydrogens (tertiary/aromatic N) is 1. The Morgan fingerprint density at radius 1 is 1.26 bits per heavy atom.